The molecule has 0 atom stereocenters. The molecule has 3 aromatic rings. The van der Waals surface area contributed by atoms with Crippen LogP contribution in [-0.4, -0.2) is 20.5 Å². The summed E-state index contributed by atoms with van der Waals surface area (Å²) in [6, 6.07) is 8.02. The Hall–Kier alpha value is -1.57. The molecule has 0 fully saturated rings. The summed E-state index contributed by atoms with van der Waals surface area (Å²) in [6.07, 6.45) is 1.83. The number of carbonyl (C=O) groups excluding carboxylic acids is 1. The number of para-hydroxylation sites is 1. The number of benzene rings is 1. The Bertz CT molecular complexity index is 754. The first-order chi connectivity index (χ1) is 10.7. The van der Waals surface area contributed by atoms with Gasteiger partial charge in [0.25, 0.3) is 0 Å². The maximum Gasteiger partial charge on any atom is 0.306 e. The Morgan fingerprint density at radius 1 is 1.32 bits per heavy atom. The molecule has 0 amide bonds. The minimum atomic E-state index is -0.259. The molecule has 5 nitrogen and oxygen atoms in total. The minimum absolute atomic E-state index is 0.0787. The quantitative estimate of drug-likeness (QED) is 0.629. The number of nitrogens with zero attached hydrogens (tertiary/aromatic N) is 3. The molecule has 0 aliphatic rings. The smallest absolute Gasteiger partial charge is 0.306 e. The van der Waals surface area contributed by atoms with Crippen molar-refractivity contribution in [1.29, 1.82) is 0 Å². The van der Waals surface area contributed by atoms with Gasteiger partial charge in [-0.05, 0) is 25.0 Å². The summed E-state index contributed by atoms with van der Waals surface area (Å²) < 4.78 is 10.4. The molecule has 0 saturated carbocycles. The van der Waals surface area contributed by atoms with Gasteiger partial charge in [0.05, 0.1) is 15.2 Å². The Morgan fingerprint density at radius 3 is 2.95 bits per heavy atom. The normalized spacial score (nSPS) is 11.0. The molecule has 114 valence electrons. The molecule has 0 unspecified atom stereocenters. The molecule has 22 heavy (non-hydrogen) atoms. The van der Waals surface area contributed by atoms with E-state index in [-0.39, 0.29) is 12.6 Å². The van der Waals surface area contributed by atoms with Crippen LogP contribution in [0.3, 0.4) is 0 Å². The number of halogens is 1. The van der Waals surface area contributed by atoms with Crippen molar-refractivity contribution < 1.29 is 9.53 Å². The lowest BCUT2D eigenvalue weighted by Crippen LogP contribution is -2.05. The number of aromatic nitrogens is 3. The zero-order chi connectivity index (χ0) is 15.4. The first kappa shape index (κ1) is 15.3. The fourth-order valence-corrected chi connectivity index (χ4v) is 3.53. The van der Waals surface area contributed by atoms with Crippen molar-refractivity contribution in [3.8, 4) is 0 Å². The second-order valence-electron chi connectivity index (χ2n) is 4.58. The molecule has 3 rings (SSSR count). The van der Waals surface area contributed by atoms with E-state index >= 15 is 0 Å². The lowest BCUT2D eigenvalue weighted by molar-refractivity contribution is -0.145. The number of hydrogen-bond acceptors (Lipinski definition) is 7. The van der Waals surface area contributed by atoms with Crippen molar-refractivity contribution in [2.75, 3.05) is 0 Å². The van der Waals surface area contributed by atoms with E-state index in [1.54, 1.807) is 11.3 Å². The second-order valence-corrected chi connectivity index (χ2v) is 7.05. The van der Waals surface area contributed by atoms with Crippen LogP contribution in [0.15, 0.2) is 24.3 Å². The van der Waals surface area contributed by atoms with Gasteiger partial charge < -0.3 is 4.74 Å². The zero-order valence-corrected chi connectivity index (χ0v) is 13.9. The number of carbonyl (C=O) groups is 1. The van der Waals surface area contributed by atoms with Crippen molar-refractivity contribution in [3.63, 3.8) is 0 Å². The SMILES string of the molecule is O=C(CCCc1nc2ccccc2s1)OCc1nnsc1Cl. The van der Waals surface area contributed by atoms with Crippen molar-refractivity contribution in [1.82, 2.24) is 14.6 Å². The lowest BCUT2D eigenvalue weighted by Gasteiger charge is -2.02. The molecule has 0 N–H and O–H groups in total. The molecule has 0 bridgehead atoms. The Labute approximate surface area is 140 Å². The molecule has 0 spiro atoms. The van der Waals surface area contributed by atoms with Crippen molar-refractivity contribution in [3.05, 3.63) is 39.3 Å². The summed E-state index contributed by atoms with van der Waals surface area (Å²) in [5, 5.41) is 4.83. The standard InChI is InChI=1S/C14H12ClN3O2S2/c15-14-10(17-18-22-14)8-20-13(19)7-3-6-12-16-9-4-1-2-5-11(9)21-12/h1-2,4-5H,3,6-8H2. The predicted octanol–water partition coefficient (Wildman–Crippen LogP) is 3.87. The highest BCUT2D eigenvalue weighted by molar-refractivity contribution is 7.18. The molecule has 2 aromatic heterocycles. The fourth-order valence-electron chi connectivity index (χ4n) is 1.91. The van der Waals surface area contributed by atoms with Crippen LogP contribution in [-0.2, 0) is 22.6 Å². The van der Waals surface area contributed by atoms with Crippen LogP contribution in [0.25, 0.3) is 10.2 Å². The van der Waals surface area contributed by atoms with Gasteiger partial charge in [0.1, 0.15) is 16.6 Å². The molecule has 1 aromatic carbocycles. The van der Waals surface area contributed by atoms with Gasteiger partial charge in [0.2, 0.25) is 0 Å². The Kier molecular flexibility index (Phi) is 4.97. The van der Waals surface area contributed by atoms with Crippen LogP contribution in [0.4, 0.5) is 0 Å². The van der Waals surface area contributed by atoms with E-state index in [1.807, 2.05) is 18.2 Å². The fraction of sp³-hybridized carbons (Fsp3) is 0.286. The van der Waals surface area contributed by atoms with Crippen LogP contribution < -0.4 is 0 Å². The van der Waals surface area contributed by atoms with Crippen LogP contribution in [0.5, 0.6) is 0 Å². The largest absolute Gasteiger partial charge is 0.459 e. The Balaban J connectivity index is 1.44. The highest BCUT2D eigenvalue weighted by Crippen LogP contribution is 2.23. The minimum Gasteiger partial charge on any atom is -0.459 e. The maximum absolute atomic E-state index is 11.7. The zero-order valence-electron chi connectivity index (χ0n) is 11.5. The van der Waals surface area contributed by atoms with Crippen molar-refractivity contribution in [2.24, 2.45) is 0 Å². The van der Waals surface area contributed by atoms with E-state index in [9.17, 15) is 4.79 Å². The van der Waals surface area contributed by atoms with Gasteiger partial charge in [-0.3, -0.25) is 4.79 Å². The monoisotopic (exact) mass is 353 g/mol. The molecule has 0 aliphatic heterocycles. The van der Waals surface area contributed by atoms with E-state index in [0.717, 1.165) is 28.5 Å². The number of fused-ring (bicyclic) bond motifs is 1. The molecular formula is C14H12ClN3O2S2. The highest BCUT2D eigenvalue weighted by Gasteiger charge is 2.10. The van der Waals surface area contributed by atoms with E-state index in [1.165, 1.54) is 4.70 Å². The summed E-state index contributed by atoms with van der Waals surface area (Å²) in [5.41, 5.74) is 1.52. The molecule has 0 radical (unpaired) electrons. The van der Waals surface area contributed by atoms with Gasteiger partial charge in [-0.1, -0.05) is 28.2 Å². The summed E-state index contributed by atoms with van der Waals surface area (Å²) in [4.78, 5) is 16.2. The number of hydrogen-bond donors (Lipinski definition) is 0. The third-order valence-electron chi connectivity index (χ3n) is 2.99. The van der Waals surface area contributed by atoms with E-state index in [2.05, 4.69) is 20.6 Å². The third-order valence-corrected chi connectivity index (χ3v) is 5.07. The van der Waals surface area contributed by atoms with Crippen LogP contribution in [0.2, 0.25) is 4.34 Å². The number of ether oxygens (including phenoxy) is 1. The molecule has 0 saturated heterocycles. The van der Waals surface area contributed by atoms with E-state index in [4.69, 9.17) is 16.3 Å². The summed E-state index contributed by atoms with van der Waals surface area (Å²) in [5.74, 6) is -0.259. The molecule has 8 heteroatoms. The number of aryl methyl sites for hydroxylation is 1. The van der Waals surface area contributed by atoms with Crippen LogP contribution in [0.1, 0.15) is 23.5 Å². The van der Waals surface area contributed by atoms with Gasteiger partial charge in [0, 0.05) is 18.0 Å². The van der Waals surface area contributed by atoms with E-state index < -0.39 is 0 Å². The summed E-state index contributed by atoms with van der Waals surface area (Å²) in [7, 11) is 0. The number of thiazole rings is 1. The number of rotatable bonds is 6. The topological polar surface area (TPSA) is 65.0 Å². The van der Waals surface area contributed by atoms with Crippen LogP contribution >= 0.6 is 34.5 Å². The van der Waals surface area contributed by atoms with E-state index in [0.29, 0.717) is 22.9 Å². The first-order valence-electron chi connectivity index (χ1n) is 6.69. The van der Waals surface area contributed by atoms with Gasteiger partial charge in [-0.25, -0.2) is 4.98 Å². The van der Waals surface area contributed by atoms with Gasteiger partial charge in [-0.2, -0.15) is 0 Å². The average Bonchev–Trinajstić information content (AvgIpc) is 3.10. The lowest BCUT2D eigenvalue weighted by atomic mass is 10.2. The third kappa shape index (κ3) is 3.79. The Morgan fingerprint density at radius 2 is 2.18 bits per heavy atom. The maximum atomic E-state index is 11.7. The average molecular weight is 354 g/mol. The number of esters is 1. The van der Waals surface area contributed by atoms with Crippen LogP contribution in [0, 0.1) is 0 Å². The highest BCUT2D eigenvalue weighted by atomic mass is 35.5. The molecule has 0 aliphatic carbocycles. The van der Waals surface area contributed by atoms with Gasteiger partial charge >= 0.3 is 5.97 Å². The molecule has 2 heterocycles. The second kappa shape index (κ2) is 7.13. The summed E-state index contributed by atoms with van der Waals surface area (Å²) in [6.45, 7) is 0.0787. The van der Waals surface area contributed by atoms with Crippen molar-refractivity contribution >= 4 is 50.7 Å². The molecular weight excluding hydrogens is 342 g/mol. The first-order valence-corrected chi connectivity index (χ1v) is 8.66. The summed E-state index contributed by atoms with van der Waals surface area (Å²) >= 11 is 8.59. The van der Waals surface area contributed by atoms with Gasteiger partial charge in [-0.15, -0.1) is 16.4 Å². The van der Waals surface area contributed by atoms with Gasteiger partial charge in [0.15, 0.2) is 0 Å². The predicted molar refractivity (Wildman–Crippen MR) is 87.3 cm³/mol. The van der Waals surface area contributed by atoms with Crippen molar-refractivity contribution in [2.45, 2.75) is 25.9 Å².